The van der Waals surface area contributed by atoms with Gasteiger partial charge in [0, 0.05) is 30.4 Å². The molecule has 0 aliphatic rings. The number of fused-ring (bicyclic) bond motifs is 1. The van der Waals surface area contributed by atoms with Gasteiger partial charge in [0.1, 0.15) is 0 Å². The SMILES string of the molecule is CCOC(C)CNc1ccc(N)c2cccnc12. The highest BCUT2D eigenvalue weighted by Gasteiger charge is 2.06. The summed E-state index contributed by atoms with van der Waals surface area (Å²) in [5, 5.41) is 4.33. The summed E-state index contributed by atoms with van der Waals surface area (Å²) in [6.45, 7) is 5.52. The quantitative estimate of drug-likeness (QED) is 0.795. The van der Waals surface area contributed by atoms with E-state index in [9.17, 15) is 0 Å². The lowest BCUT2D eigenvalue weighted by Crippen LogP contribution is -2.19. The zero-order valence-corrected chi connectivity index (χ0v) is 10.8. The highest BCUT2D eigenvalue weighted by Crippen LogP contribution is 2.26. The van der Waals surface area contributed by atoms with E-state index in [1.54, 1.807) is 6.20 Å². The van der Waals surface area contributed by atoms with Crippen molar-refractivity contribution in [3.05, 3.63) is 30.5 Å². The number of nitrogens with zero attached hydrogens (tertiary/aromatic N) is 1. The molecule has 0 aliphatic heterocycles. The van der Waals surface area contributed by atoms with Crippen LogP contribution in [-0.4, -0.2) is 24.2 Å². The number of ether oxygens (including phenoxy) is 1. The van der Waals surface area contributed by atoms with E-state index in [1.165, 1.54) is 0 Å². The number of benzene rings is 1. The largest absolute Gasteiger partial charge is 0.398 e. The second-order valence-electron chi connectivity index (χ2n) is 4.25. The Bertz CT molecular complexity index is 527. The standard InChI is InChI=1S/C14H19N3O/c1-3-18-10(2)9-17-13-7-6-12(15)11-5-4-8-16-14(11)13/h4-8,10,17H,3,9,15H2,1-2H3. The molecule has 1 heterocycles. The van der Waals surface area contributed by atoms with Gasteiger partial charge in [-0.1, -0.05) is 0 Å². The van der Waals surface area contributed by atoms with Crippen LogP contribution in [0.4, 0.5) is 11.4 Å². The van der Waals surface area contributed by atoms with E-state index >= 15 is 0 Å². The number of pyridine rings is 1. The van der Waals surface area contributed by atoms with E-state index < -0.39 is 0 Å². The van der Waals surface area contributed by atoms with Crippen molar-refractivity contribution >= 4 is 22.3 Å². The molecule has 1 aromatic carbocycles. The van der Waals surface area contributed by atoms with Crippen LogP contribution < -0.4 is 11.1 Å². The Kier molecular flexibility index (Phi) is 3.99. The molecule has 0 radical (unpaired) electrons. The van der Waals surface area contributed by atoms with Gasteiger partial charge in [-0.05, 0) is 38.1 Å². The summed E-state index contributed by atoms with van der Waals surface area (Å²) < 4.78 is 5.49. The van der Waals surface area contributed by atoms with E-state index in [-0.39, 0.29) is 6.10 Å². The Morgan fingerprint density at radius 1 is 1.39 bits per heavy atom. The number of nitrogens with two attached hydrogens (primary N) is 1. The summed E-state index contributed by atoms with van der Waals surface area (Å²) in [5.41, 5.74) is 8.58. The minimum atomic E-state index is 0.173. The lowest BCUT2D eigenvalue weighted by atomic mass is 10.1. The molecule has 0 spiro atoms. The second kappa shape index (κ2) is 5.69. The Balaban J connectivity index is 2.21. The first-order chi connectivity index (χ1) is 8.72. The summed E-state index contributed by atoms with van der Waals surface area (Å²) >= 11 is 0. The number of nitrogens with one attached hydrogen (secondary N) is 1. The molecule has 2 rings (SSSR count). The van der Waals surface area contributed by atoms with Gasteiger partial charge in [-0.3, -0.25) is 4.98 Å². The maximum atomic E-state index is 5.94. The molecule has 2 aromatic rings. The molecule has 96 valence electrons. The summed E-state index contributed by atoms with van der Waals surface area (Å²) in [6.07, 6.45) is 1.95. The van der Waals surface area contributed by atoms with Crippen molar-refractivity contribution in [1.29, 1.82) is 0 Å². The molecular weight excluding hydrogens is 226 g/mol. The van der Waals surface area contributed by atoms with Gasteiger partial charge in [-0.25, -0.2) is 0 Å². The van der Waals surface area contributed by atoms with E-state index in [0.717, 1.165) is 35.4 Å². The fraction of sp³-hybridized carbons (Fsp3) is 0.357. The third kappa shape index (κ3) is 2.71. The van der Waals surface area contributed by atoms with Crippen LogP contribution in [0.5, 0.6) is 0 Å². The van der Waals surface area contributed by atoms with Gasteiger partial charge < -0.3 is 15.8 Å². The summed E-state index contributed by atoms with van der Waals surface area (Å²) in [7, 11) is 0. The molecule has 0 amide bonds. The molecule has 4 nitrogen and oxygen atoms in total. The normalized spacial score (nSPS) is 12.6. The van der Waals surface area contributed by atoms with Crippen molar-refractivity contribution in [3.8, 4) is 0 Å². The number of nitrogen functional groups attached to an aromatic ring is 1. The molecule has 0 fully saturated rings. The van der Waals surface area contributed by atoms with Crippen LogP contribution in [0.1, 0.15) is 13.8 Å². The summed E-state index contributed by atoms with van der Waals surface area (Å²) in [5.74, 6) is 0. The monoisotopic (exact) mass is 245 g/mol. The maximum absolute atomic E-state index is 5.94. The van der Waals surface area contributed by atoms with Crippen molar-refractivity contribution in [2.24, 2.45) is 0 Å². The lowest BCUT2D eigenvalue weighted by molar-refractivity contribution is 0.0855. The van der Waals surface area contributed by atoms with Crippen molar-refractivity contribution in [2.45, 2.75) is 20.0 Å². The molecule has 1 aromatic heterocycles. The number of anilines is 2. The van der Waals surface area contributed by atoms with Crippen LogP contribution in [0.2, 0.25) is 0 Å². The van der Waals surface area contributed by atoms with Gasteiger partial charge in [-0.15, -0.1) is 0 Å². The number of hydrogen-bond donors (Lipinski definition) is 2. The minimum absolute atomic E-state index is 0.173. The fourth-order valence-corrected chi connectivity index (χ4v) is 1.93. The van der Waals surface area contributed by atoms with Crippen molar-refractivity contribution in [1.82, 2.24) is 4.98 Å². The van der Waals surface area contributed by atoms with E-state index in [4.69, 9.17) is 10.5 Å². The summed E-state index contributed by atoms with van der Waals surface area (Å²) in [4.78, 5) is 4.38. The Morgan fingerprint density at radius 3 is 3.00 bits per heavy atom. The minimum Gasteiger partial charge on any atom is -0.398 e. The molecule has 0 bridgehead atoms. The molecule has 1 atom stereocenters. The number of rotatable bonds is 5. The molecule has 18 heavy (non-hydrogen) atoms. The predicted molar refractivity (Wildman–Crippen MR) is 75.7 cm³/mol. The summed E-state index contributed by atoms with van der Waals surface area (Å²) in [6, 6.07) is 7.74. The zero-order valence-electron chi connectivity index (χ0n) is 10.8. The molecule has 3 N–H and O–H groups in total. The molecule has 0 saturated heterocycles. The molecule has 0 saturated carbocycles. The van der Waals surface area contributed by atoms with E-state index in [2.05, 4.69) is 10.3 Å². The van der Waals surface area contributed by atoms with Gasteiger partial charge in [0.25, 0.3) is 0 Å². The van der Waals surface area contributed by atoms with Crippen molar-refractivity contribution in [3.63, 3.8) is 0 Å². The zero-order chi connectivity index (χ0) is 13.0. The van der Waals surface area contributed by atoms with Gasteiger partial charge in [0.05, 0.1) is 17.3 Å². The Hall–Kier alpha value is -1.81. The highest BCUT2D eigenvalue weighted by atomic mass is 16.5. The van der Waals surface area contributed by atoms with Gasteiger partial charge >= 0.3 is 0 Å². The first-order valence-electron chi connectivity index (χ1n) is 6.21. The third-order valence-electron chi connectivity index (χ3n) is 2.83. The van der Waals surface area contributed by atoms with Gasteiger partial charge in [0.2, 0.25) is 0 Å². The average molecular weight is 245 g/mol. The van der Waals surface area contributed by atoms with Crippen molar-refractivity contribution < 1.29 is 4.74 Å². The number of aromatic nitrogens is 1. The predicted octanol–water partition coefficient (Wildman–Crippen LogP) is 2.65. The first-order valence-corrected chi connectivity index (χ1v) is 6.21. The second-order valence-corrected chi connectivity index (χ2v) is 4.25. The topological polar surface area (TPSA) is 60.2 Å². The molecule has 0 aliphatic carbocycles. The van der Waals surface area contributed by atoms with Crippen molar-refractivity contribution in [2.75, 3.05) is 24.2 Å². The Labute approximate surface area is 107 Å². The lowest BCUT2D eigenvalue weighted by Gasteiger charge is -2.15. The Morgan fingerprint density at radius 2 is 2.22 bits per heavy atom. The van der Waals surface area contributed by atoms with Crippen LogP contribution in [0.15, 0.2) is 30.5 Å². The fourth-order valence-electron chi connectivity index (χ4n) is 1.93. The van der Waals surface area contributed by atoms with Crippen LogP contribution in [0.25, 0.3) is 10.9 Å². The molecular formula is C14H19N3O. The van der Waals surface area contributed by atoms with Crippen LogP contribution >= 0.6 is 0 Å². The van der Waals surface area contributed by atoms with Gasteiger partial charge in [-0.2, -0.15) is 0 Å². The van der Waals surface area contributed by atoms with Gasteiger partial charge in [0.15, 0.2) is 0 Å². The smallest absolute Gasteiger partial charge is 0.0953 e. The van der Waals surface area contributed by atoms with Crippen LogP contribution in [0.3, 0.4) is 0 Å². The van der Waals surface area contributed by atoms with Crippen LogP contribution in [0, 0.1) is 0 Å². The average Bonchev–Trinajstić information content (AvgIpc) is 2.39. The van der Waals surface area contributed by atoms with E-state index in [1.807, 2.05) is 38.1 Å². The van der Waals surface area contributed by atoms with E-state index in [0.29, 0.717) is 0 Å². The van der Waals surface area contributed by atoms with Crippen LogP contribution in [-0.2, 0) is 4.74 Å². The highest BCUT2D eigenvalue weighted by molar-refractivity contribution is 5.98. The maximum Gasteiger partial charge on any atom is 0.0953 e. The third-order valence-corrected chi connectivity index (χ3v) is 2.83. The first kappa shape index (κ1) is 12.6. The number of hydrogen-bond acceptors (Lipinski definition) is 4. The molecule has 1 unspecified atom stereocenters. The molecule has 4 heteroatoms.